The first-order chi connectivity index (χ1) is 4.92. The molecule has 1 aliphatic carbocycles. The predicted molar refractivity (Wildman–Crippen MR) is 37.9 cm³/mol. The number of alkyl halides is 1. The average Bonchev–Trinajstić information content (AvgIpc) is 1.81. The van der Waals surface area contributed by atoms with Gasteiger partial charge in [-0.3, -0.25) is 9.59 Å². The second-order valence-electron chi connectivity index (χ2n) is 3.81. The molecule has 1 fully saturated rings. The zero-order valence-electron chi connectivity index (χ0n) is 6.69. The van der Waals surface area contributed by atoms with Gasteiger partial charge in [-0.1, -0.05) is 13.8 Å². The highest BCUT2D eigenvalue weighted by Crippen LogP contribution is 2.32. The molecule has 11 heavy (non-hydrogen) atoms. The van der Waals surface area contributed by atoms with Gasteiger partial charge in [0.1, 0.15) is 0 Å². The van der Waals surface area contributed by atoms with Gasteiger partial charge in [0.05, 0.1) is 0 Å². The van der Waals surface area contributed by atoms with Crippen molar-refractivity contribution in [1.82, 2.24) is 0 Å². The van der Waals surface area contributed by atoms with Gasteiger partial charge >= 0.3 is 0 Å². The molecule has 0 aromatic carbocycles. The number of hydrogen-bond donors (Lipinski definition) is 0. The fraction of sp³-hybridized carbons (Fsp3) is 0.750. The molecule has 2 nitrogen and oxygen atoms in total. The average molecular weight is 158 g/mol. The number of ketones is 2. The highest BCUT2D eigenvalue weighted by Gasteiger charge is 2.39. The predicted octanol–water partition coefficient (Wildman–Crippen LogP) is 1.28. The van der Waals surface area contributed by atoms with Crippen LogP contribution in [-0.2, 0) is 9.59 Å². The molecule has 1 rings (SSSR count). The first-order valence-electron chi connectivity index (χ1n) is 3.62. The quantitative estimate of drug-likeness (QED) is 0.498. The minimum absolute atomic E-state index is 0.180. The first-order valence-corrected chi connectivity index (χ1v) is 3.62. The lowest BCUT2D eigenvalue weighted by Crippen LogP contribution is -2.38. The van der Waals surface area contributed by atoms with E-state index in [1.807, 2.05) is 0 Å². The van der Waals surface area contributed by atoms with Crippen LogP contribution in [0.15, 0.2) is 0 Å². The van der Waals surface area contributed by atoms with Crippen LogP contribution < -0.4 is 0 Å². The molecule has 0 atom stereocenters. The van der Waals surface area contributed by atoms with E-state index in [2.05, 4.69) is 0 Å². The monoisotopic (exact) mass is 158 g/mol. The molecule has 0 N–H and O–H groups in total. The minimum Gasteiger partial charge on any atom is -0.296 e. The number of rotatable bonds is 0. The maximum atomic E-state index is 12.6. The minimum atomic E-state index is -1.84. The lowest BCUT2D eigenvalue weighted by Gasteiger charge is -2.28. The van der Waals surface area contributed by atoms with E-state index in [-0.39, 0.29) is 18.3 Å². The topological polar surface area (TPSA) is 34.1 Å². The molecule has 0 aromatic heterocycles. The third-order valence-corrected chi connectivity index (χ3v) is 1.87. The van der Waals surface area contributed by atoms with Gasteiger partial charge in [-0.15, -0.1) is 0 Å². The Morgan fingerprint density at radius 3 is 2.00 bits per heavy atom. The summed E-state index contributed by atoms with van der Waals surface area (Å²) >= 11 is 0. The maximum absolute atomic E-state index is 12.6. The van der Waals surface area contributed by atoms with Crippen LogP contribution >= 0.6 is 0 Å². The van der Waals surface area contributed by atoms with E-state index in [1.54, 1.807) is 13.8 Å². The van der Waals surface area contributed by atoms with Crippen LogP contribution in [0.2, 0.25) is 0 Å². The largest absolute Gasteiger partial charge is 0.296 e. The van der Waals surface area contributed by atoms with Crippen LogP contribution in [0.3, 0.4) is 0 Å². The van der Waals surface area contributed by atoms with E-state index in [9.17, 15) is 14.0 Å². The van der Waals surface area contributed by atoms with E-state index in [0.29, 0.717) is 0 Å². The lowest BCUT2D eigenvalue weighted by molar-refractivity contribution is -0.140. The fourth-order valence-electron chi connectivity index (χ4n) is 1.36. The van der Waals surface area contributed by atoms with Crippen LogP contribution in [0, 0.1) is 5.41 Å². The molecule has 0 amide bonds. The Balaban J connectivity index is 2.78. The highest BCUT2D eigenvalue weighted by molar-refractivity contribution is 6.07. The van der Waals surface area contributed by atoms with Crippen molar-refractivity contribution in [1.29, 1.82) is 0 Å². The third-order valence-electron chi connectivity index (χ3n) is 1.87. The zero-order valence-corrected chi connectivity index (χ0v) is 6.69. The van der Waals surface area contributed by atoms with Crippen molar-refractivity contribution in [2.24, 2.45) is 5.41 Å². The summed E-state index contributed by atoms with van der Waals surface area (Å²) in [7, 11) is 0. The van der Waals surface area contributed by atoms with E-state index in [4.69, 9.17) is 0 Å². The van der Waals surface area contributed by atoms with Crippen LogP contribution in [0.5, 0.6) is 0 Å². The Morgan fingerprint density at radius 1 is 1.27 bits per heavy atom. The van der Waals surface area contributed by atoms with Crippen molar-refractivity contribution in [2.75, 3.05) is 0 Å². The standard InChI is InChI=1S/C8H11FO2/c1-8(2)3-5(10)7(9)6(11)4-8/h7H,3-4H2,1-2H3. The van der Waals surface area contributed by atoms with Crippen molar-refractivity contribution in [2.45, 2.75) is 32.9 Å². The van der Waals surface area contributed by atoms with Gasteiger partial charge in [-0.25, -0.2) is 4.39 Å². The fourth-order valence-corrected chi connectivity index (χ4v) is 1.36. The highest BCUT2D eigenvalue weighted by atomic mass is 19.1. The van der Waals surface area contributed by atoms with Gasteiger partial charge in [-0.2, -0.15) is 0 Å². The molecule has 0 heterocycles. The summed E-state index contributed by atoms with van der Waals surface area (Å²) in [5.41, 5.74) is -0.337. The second kappa shape index (κ2) is 2.40. The molecule has 0 aliphatic heterocycles. The van der Waals surface area contributed by atoms with E-state index < -0.39 is 17.7 Å². The number of carbonyl (C=O) groups excluding carboxylic acids is 2. The van der Waals surface area contributed by atoms with Crippen molar-refractivity contribution >= 4 is 11.6 Å². The Morgan fingerprint density at radius 2 is 1.64 bits per heavy atom. The molecular weight excluding hydrogens is 147 g/mol. The molecule has 62 valence electrons. The van der Waals surface area contributed by atoms with Gasteiger partial charge in [-0.05, 0) is 5.41 Å². The molecule has 0 spiro atoms. The SMILES string of the molecule is CC1(C)CC(=O)C(F)C(=O)C1. The molecular formula is C8H11FO2. The van der Waals surface area contributed by atoms with Crippen LogP contribution in [0.25, 0.3) is 0 Å². The van der Waals surface area contributed by atoms with Crippen LogP contribution in [-0.4, -0.2) is 17.7 Å². The van der Waals surface area contributed by atoms with Crippen molar-refractivity contribution in [3.05, 3.63) is 0 Å². The molecule has 0 unspecified atom stereocenters. The number of hydrogen-bond acceptors (Lipinski definition) is 2. The van der Waals surface area contributed by atoms with Crippen LogP contribution in [0.1, 0.15) is 26.7 Å². The Hall–Kier alpha value is -0.730. The van der Waals surface area contributed by atoms with Gasteiger partial charge in [0.25, 0.3) is 0 Å². The zero-order chi connectivity index (χ0) is 8.65. The number of halogens is 1. The summed E-state index contributed by atoms with van der Waals surface area (Å²) in [4.78, 5) is 21.6. The van der Waals surface area contributed by atoms with Gasteiger partial charge in [0, 0.05) is 12.8 Å². The lowest BCUT2D eigenvalue weighted by atomic mass is 9.75. The number of carbonyl (C=O) groups is 2. The summed E-state index contributed by atoms with van der Waals surface area (Å²) in [5, 5.41) is 0. The molecule has 0 saturated heterocycles. The van der Waals surface area contributed by atoms with Crippen molar-refractivity contribution < 1.29 is 14.0 Å². The van der Waals surface area contributed by atoms with Crippen molar-refractivity contribution in [3.8, 4) is 0 Å². The summed E-state index contributed by atoms with van der Waals surface area (Å²) in [6.07, 6.45) is -1.48. The molecule has 0 bridgehead atoms. The normalized spacial score (nSPS) is 25.7. The molecule has 3 heteroatoms. The molecule has 1 aliphatic rings. The molecule has 0 aromatic rings. The third kappa shape index (κ3) is 1.64. The van der Waals surface area contributed by atoms with Gasteiger partial charge in [0.2, 0.25) is 6.17 Å². The molecule has 0 radical (unpaired) electrons. The van der Waals surface area contributed by atoms with Crippen LogP contribution in [0.4, 0.5) is 4.39 Å². The Bertz CT molecular complexity index is 188. The summed E-state index contributed by atoms with van der Waals surface area (Å²) in [6.45, 7) is 3.60. The van der Waals surface area contributed by atoms with Crippen molar-refractivity contribution in [3.63, 3.8) is 0 Å². The first kappa shape index (κ1) is 8.37. The Kier molecular flexibility index (Phi) is 1.82. The van der Waals surface area contributed by atoms with E-state index in [0.717, 1.165) is 0 Å². The van der Waals surface area contributed by atoms with Gasteiger partial charge in [0.15, 0.2) is 11.6 Å². The number of Topliss-reactive ketones (excluding diaryl/α,β-unsaturated/α-hetero) is 2. The molecule has 1 saturated carbocycles. The summed E-state index contributed by atoms with van der Waals surface area (Å²) < 4.78 is 12.6. The smallest absolute Gasteiger partial charge is 0.216 e. The summed E-state index contributed by atoms with van der Waals surface area (Å²) in [6, 6.07) is 0. The van der Waals surface area contributed by atoms with E-state index >= 15 is 0 Å². The van der Waals surface area contributed by atoms with Gasteiger partial charge < -0.3 is 0 Å². The Labute approximate surface area is 64.8 Å². The maximum Gasteiger partial charge on any atom is 0.216 e. The summed E-state index contributed by atoms with van der Waals surface area (Å²) in [5.74, 6) is -1.13. The second-order valence-corrected chi connectivity index (χ2v) is 3.81. The van der Waals surface area contributed by atoms with E-state index in [1.165, 1.54) is 0 Å².